The molecule has 2 aromatic rings. The van der Waals surface area contributed by atoms with Crippen LogP contribution in [0.5, 0.6) is 0 Å². The lowest BCUT2D eigenvalue weighted by atomic mass is 9.91. The lowest BCUT2D eigenvalue weighted by molar-refractivity contribution is -0.120. The van der Waals surface area contributed by atoms with E-state index < -0.39 is 5.41 Å². The Hall–Kier alpha value is -2.16. The molecule has 0 saturated heterocycles. The summed E-state index contributed by atoms with van der Waals surface area (Å²) in [6.07, 6.45) is 3.49. The Morgan fingerprint density at radius 3 is 2.63 bits per heavy atom. The summed E-state index contributed by atoms with van der Waals surface area (Å²) in [5, 5.41) is 0. The fraction of sp³-hybridized carbons (Fsp3) is 0.250. The Labute approximate surface area is 112 Å². The van der Waals surface area contributed by atoms with Crippen LogP contribution in [0, 0.1) is 6.92 Å². The lowest BCUT2D eigenvalue weighted by Gasteiger charge is -2.14. The van der Waals surface area contributed by atoms with E-state index in [0.29, 0.717) is 0 Å². The van der Waals surface area contributed by atoms with E-state index in [9.17, 15) is 4.79 Å². The van der Waals surface area contributed by atoms with E-state index in [1.165, 1.54) is 0 Å². The summed E-state index contributed by atoms with van der Waals surface area (Å²) in [6.45, 7) is 2.05. The van der Waals surface area contributed by atoms with Crippen molar-refractivity contribution in [2.45, 2.75) is 25.2 Å². The molecule has 1 aromatic carbocycles. The molecule has 19 heavy (non-hydrogen) atoms. The molecule has 0 atom stereocenters. The molecule has 1 heterocycles. The van der Waals surface area contributed by atoms with Crippen LogP contribution in [-0.4, -0.2) is 10.9 Å². The Balaban J connectivity index is 2.10. The van der Waals surface area contributed by atoms with E-state index >= 15 is 0 Å². The van der Waals surface area contributed by atoms with Gasteiger partial charge in [-0.15, -0.1) is 0 Å². The van der Waals surface area contributed by atoms with Crippen LogP contribution < -0.4 is 5.73 Å². The van der Waals surface area contributed by atoms with Crippen molar-refractivity contribution in [1.29, 1.82) is 0 Å². The SMILES string of the molecule is Cc1ccc(C2(C(N)=O)CC2)cc1-c1ccccn1. The number of pyridine rings is 1. The van der Waals surface area contributed by atoms with Crippen molar-refractivity contribution in [2.24, 2.45) is 5.73 Å². The first-order valence-electron chi connectivity index (χ1n) is 6.46. The molecule has 1 fully saturated rings. The lowest BCUT2D eigenvalue weighted by Crippen LogP contribution is -2.28. The molecule has 3 heteroatoms. The zero-order valence-corrected chi connectivity index (χ0v) is 10.9. The van der Waals surface area contributed by atoms with Gasteiger partial charge in [-0.2, -0.15) is 0 Å². The number of primary amides is 1. The molecule has 3 rings (SSSR count). The van der Waals surface area contributed by atoms with Gasteiger partial charge in [0, 0.05) is 11.8 Å². The van der Waals surface area contributed by atoms with Crippen molar-refractivity contribution in [3.05, 3.63) is 53.7 Å². The van der Waals surface area contributed by atoms with Gasteiger partial charge in [0.15, 0.2) is 0 Å². The minimum absolute atomic E-state index is 0.219. The molecule has 2 N–H and O–H groups in total. The fourth-order valence-corrected chi connectivity index (χ4v) is 2.52. The Morgan fingerprint density at radius 2 is 2.05 bits per heavy atom. The second-order valence-electron chi connectivity index (χ2n) is 5.19. The molecule has 3 nitrogen and oxygen atoms in total. The standard InChI is InChI=1S/C16H16N2O/c1-11-5-6-12(16(7-8-16)15(17)19)10-13(11)14-4-2-3-9-18-14/h2-6,9-10H,7-8H2,1H3,(H2,17,19). The maximum atomic E-state index is 11.6. The minimum atomic E-state index is -0.433. The van der Waals surface area contributed by atoms with Gasteiger partial charge in [0.1, 0.15) is 0 Å². The Bertz CT molecular complexity index is 630. The Morgan fingerprint density at radius 1 is 1.26 bits per heavy atom. The molecule has 0 radical (unpaired) electrons. The molecule has 1 aromatic heterocycles. The normalized spacial score (nSPS) is 16.1. The van der Waals surface area contributed by atoms with Crippen LogP contribution in [0.3, 0.4) is 0 Å². The molecule has 1 aliphatic carbocycles. The summed E-state index contributed by atoms with van der Waals surface area (Å²) < 4.78 is 0. The molecular weight excluding hydrogens is 236 g/mol. The zero-order chi connectivity index (χ0) is 13.5. The predicted octanol–water partition coefficient (Wildman–Crippen LogP) is 2.57. The van der Waals surface area contributed by atoms with Crippen molar-refractivity contribution in [3.8, 4) is 11.3 Å². The summed E-state index contributed by atoms with van der Waals surface area (Å²) in [5.41, 5.74) is 9.29. The van der Waals surface area contributed by atoms with E-state index in [1.54, 1.807) is 6.20 Å². The van der Waals surface area contributed by atoms with Gasteiger partial charge in [-0.1, -0.05) is 18.2 Å². The van der Waals surface area contributed by atoms with Crippen LogP contribution in [0.2, 0.25) is 0 Å². The first-order valence-corrected chi connectivity index (χ1v) is 6.46. The summed E-state index contributed by atoms with van der Waals surface area (Å²) in [7, 11) is 0. The summed E-state index contributed by atoms with van der Waals surface area (Å²) in [5.74, 6) is -0.219. The number of amides is 1. The van der Waals surface area contributed by atoms with Crippen molar-refractivity contribution >= 4 is 5.91 Å². The first-order chi connectivity index (χ1) is 9.13. The maximum Gasteiger partial charge on any atom is 0.228 e. The monoisotopic (exact) mass is 252 g/mol. The second-order valence-corrected chi connectivity index (χ2v) is 5.19. The average Bonchev–Trinajstić information content (AvgIpc) is 3.22. The third-order valence-corrected chi connectivity index (χ3v) is 3.95. The van der Waals surface area contributed by atoms with Crippen LogP contribution in [0.1, 0.15) is 24.0 Å². The molecule has 96 valence electrons. The van der Waals surface area contributed by atoms with Crippen molar-refractivity contribution in [1.82, 2.24) is 4.98 Å². The highest BCUT2D eigenvalue weighted by Crippen LogP contribution is 2.48. The van der Waals surface area contributed by atoms with Crippen LogP contribution >= 0.6 is 0 Å². The van der Waals surface area contributed by atoms with Crippen molar-refractivity contribution in [2.75, 3.05) is 0 Å². The number of rotatable bonds is 3. The van der Waals surface area contributed by atoms with Crippen LogP contribution in [0.15, 0.2) is 42.6 Å². The van der Waals surface area contributed by atoms with E-state index in [0.717, 1.165) is 35.2 Å². The van der Waals surface area contributed by atoms with Crippen LogP contribution in [0.25, 0.3) is 11.3 Å². The van der Waals surface area contributed by atoms with Gasteiger partial charge in [-0.3, -0.25) is 9.78 Å². The highest BCUT2D eigenvalue weighted by Gasteiger charge is 2.50. The molecule has 0 unspecified atom stereocenters. The maximum absolute atomic E-state index is 11.6. The van der Waals surface area contributed by atoms with Gasteiger partial charge in [0.2, 0.25) is 5.91 Å². The summed E-state index contributed by atoms with van der Waals surface area (Å²) in [4.78, 5) is 16.0. The van der Waals surface area contributed by atoms with E-state index in [1.807, 2.05) is 30.3 Å². The fourth-order valence-electron chi connectivity index (χ4n) is 2.52. The highest BCUT2D eigenvalue weighted by atomic mass is 16.1. The smallest absolute Gasteiger partial charge is 0.228 e. The van der Waals surface area contributed by atoms with Crippen LogP contribution in [-0.2, 0) is 10.2 Å². The molecule has 1 amide bonds. The van der Waals surface area contributed by atoms with Gasteiger partial charge in [0.25, 0.3) is 0 Å². The van der Waals surface area contributed by atoms with E-state index in [-0.39, 0.29) is 5.91 Å². The van der Waals surface area contributed by atoms with Gasteiger partial charge < -0.3 is 5.73 Å². The minimum Gasteiger partial charge on any atom is -0.369 e. The van der Waals surface area contributed by atoms with Crippen LogP contribution in [0.4, 0.5) is 0 Å². The number of benzene rings is 1. The third-order valence-electron chi connectivity index (χ3n) is 3.95. The van der Waals surface area contributed by atoms with Gasteiger partial charge >= 0.3 is 0 Å². The molecule has 0 spiro atoms. The predicted molar refractivity (Wildman–Crippen MR) is 74.5 cm³/mol. The second kappa shape index (κ2) is 4.19. The number of hydrogen-bond donors (Lipinski definition) is 1. The zero-order valence-electron chi connectivity index (χ0n) is 10.9. The third kappa shape index (κ3) is 1.91. The average molecular weight is 252 g/mol. The summed E-state index contributed by atoms with van der Waals surface area (Å²) >= 11 is 0. The first kappa shape index (κ1) is 11.9. The number of nitrogens with zero attached hydrogens (tertiary/aromatic N) is 1. The molecular formula is C16H16N2O. The largest absolute Gasteiger partial charge is 0.369 e. The number of aromatic nitrogens is 1. The van der Waals surface area contributed by atoms with Gasteiger partial charge in [-0.05, 0) is 49.1 Å². The van der Waals surface area contributed by atoms with E-state index in [2.05, 4.69) is 18.0 Å². The number of aryl methyl sites for hydroxylation is 1. The quantitative estimate of drug-likeness (QED) is 0.912. The number of carbonyl (C=O) groups excluding carboxylic acids is 1. The van der Waals surface area contributed by atoms with Crippen molar-refractivity contribution < 1.29 is 4.79 Å². The topological polar surface area (TPSA) is 56.0 Å². The van der Waals surface area contributed by atoms with Gasteiger partial charge in [-0.25, -0.2) is 0 Å². The van der Waals surface area contributed by atoms with E-state index in [4.69, 9.17) is 5.73 Å². The number of nitrogens with two attached hydrogens (primary N) is 1. The number of carbonyl (C=O) groups is 1. The molecule has 0 bridgehead atoms. The molecule has 1 aliphatic rings. The molecule has 1 saturated carbocycles. The highest BCUT2D eigenvalue weighted by molar-refractivity contribution is 5.90. The summed E-state index contributed by atoms with van der Waals surface area (Å²) in [6, 6.07) is 12.0. The van der Waals surface area contributed by atoms with Gasteiger partial charge in [0.05, 0.1) is 11.1 Å². The number of hydrogen-bond acceptors (Lipinski definition) is 2. The van der Waals surface area contributed by atoms with Crippen molar-refractivity contribution in [3.63, 3.8) is 0 Å². The molecule has 0 aliphatic heterocycles. The Kier molecular flexibility index (Phi) is 2.63.